The first-order chi connectivity index (χ1) is 10.0. The summed E-state index contributed by atoms with van der Waals surface area (Å²) in [6, 6.07) is 11.4. The molecule has 108 valence electrons. The minimum absolute atomic E-state index is 0.107. The molecule has 0 heterocycles. The second-order valence-corrected chi connectivity index (χ2v) is 5.66. The maximum atomic E-state index is 11.4. The molecule has 2 aromatic rings. The zero-order valence-electron chi connectivity index (χ0n) is 11.3. The van der Waals surface area contributed by atoms with Gasteiger partial charge in [0.05, 0.1) is 16.3 Å². The molecule has 0 aromatic heterocycles. The normalized spacial score (nSPS) is 14.0. The van der Waals surface area contributed by atoms with Gasteiger partial charge in [0.2, 0.25) is 0 Å². The highest BCUT2D eigenvalue weighted by Crippen LogP contribution is 2.32. The van der Waals surface area contributed by atoms with Crippen LogP contribution in [0.4, 0.5) is 11.4 Å². The minimum Gasteiger partial charge on any atom is -0.478 e. The number of nitrogens with one attached hydrogen (secondary N) is 1. The highest BCUT2D eigenvalue weighted by atomic mass is 35.5. The lowest BCUT2D eigenvalue weighted by molar-refractivity contribution is 0.0698. The Labute approximate surface area is 127 Å². The number of nitrogens with two attached hydrogens (primary N) is 1. The average molecular weight is 303 g/mol. The monoisotopic (exact) mass is 302 g/mol. The van der Waals surface area contributed by atoms with E-state index in [9.17, 15) is 9.90 Å². The van der Waals surface area contributed by atoms with Gasteiger partial charge in [0, 0.05) is 11.7 Å². The van der Waals surface area contributed by atoms with Crippen LogP contribution < -0.4 is 11.1 Å². The summed E-state index contributed by atoms with van der Waals surface area (Å²) >= 11 is 6.16. The van der Waals surface area contributed by atoms with Gasteiger partial charge in [-0.15, -0.1) is 0 Å². The van der Waals surface area contributed by atoms with Crippen molar-refractivity contribution >= 4 is 28.9 Å². The molecule has 0 saturated carbocycles. The van der Waals surface area contributed by atoms with Crippen molar-refractivity contribution in [1.82, 2.24) is 0 Å². The van der Waals surface area contributed by atoms with Crippen LogP contribution in [0.25, 0.3) is 0 Å². The number of hydrogen-bond donors (Lipinski definition) is 3. The van der Waals surface area contributed by atoms with Gasteiger partial charge in [0.15, 0.2) is 0 Å². The molecule has 0 amide bonds. The van der Waals surface area contributed by atoms with Gasteiger partial charge in [-0.05, 0) is 36.1 Å². The summed E-state index contributed by atoms with van der Waals surface area (Å²) in [6.07, 6.45) is 1.71. The fourth-order valence-corrected chi connectivity index (χ4v) is 3.09. The van der Waals surface area contributed by atoms with E-state index in [1.165, 1.54) is 17.2 Å². The number of carboxylic acids is 1. The molecule has 1 aliphatic rings. The summed E-state index contributed by atoms with van der Waals surface area (Å²) in [4.78, 5) is 11.4. The molecule has 0 aliphatic heterocycles. The van der Waals surface area contributed by atoms with E-state index in [2.05, 4.69) is 17.4 Å². The fraction of sp³-hybridized carbons (Fsp3) is 0.188. The number of hydrogen-bond acceptors (Lipinski definition) is 3. The summed E-state index contributed by atoms with van der Waals surface area (Å²) in [6.45, 7) is 0. The van der Waals surface area contributed by atoms with Crippen LogP contribution in [-0.4, -0.2) is 17.1 Å². The van der Waals surface area contributed by atoms with Crippen LogP contribution >= 0.6 is 11.6 Å². The van der Waals surface area contributed by atoms with Crippen molar-refractivity contribution in [1.29, 1.82) is 0 Å². The zero-order chi connectivity index (χ0) is 15.0. The Morgan fingerprint density at radius 1 is 1.24 bits per heavy atom. The average Bonchev–Trinajstić information content (AvgIpc) is 2.83. The van der Waals surface area contributed by atoms with E-state index in [0.29, 0.717) is 16.4 Å². The van der Waals surface area contributed by atoms with Gasteiger partial charge in [-0.3, -0.25) is 0 Å². The quantitative estimate of drug-likeness (QED) is 0.761. The summed E-state index contributed by atoms with van der Waals surface area (Å²) in [5.74, 6) is -1.04. The molecule has 0 bridgehead atoms. The molecule has 0 saturated heterocycles. The number of rotatable bonds is 3. The largest absolute Gasteiger partial charge is 0.478 e. The van der Waals surface area contributed by atoms with Crippen LogP contribution in [0.1, 0.15) is 21.5 Å². The van der Waals surface area contributed by atoms with Crippen molar-refractivity contribution in [2.24, 2.45) is 0 Å². The van der Waals surface area contributed by atoms with E-state index in [4.69, 9.17) is 17.3 Å². The number of fused-ring (bicyclic) bond motifs is 1. The number of carbonyl (C=O) groups is 1. The summed E-state index contributed by atoms with van der Waals surface area (Å²) in [7, 11) is 0. The van der Waals surface area contributed by atoms with Gasteiger partial charge < -0.3 is 16.2 Å². The fourth-order valence-electron chi connectivity index (χ4n) is 2.81. The summed E-state index contributed by atoms with van der Waals surface area (Å²) in [5.41, 5.74) is 9.14. The van der Waals surface area contributed by atoms with Crippen LogP contribution in [0.15, 0.2) is 36.4 Å². The molecule has 4 nitrogen and oxygen atoms in total. The number of benzene rings is 2. The van der Waals surface area contributed by atoms with Crippen molar-refractivity contribution in [3.8, 4) is 0 Å². The molecule has 21 heavy (non-hydrogen) atoms. The van der Waals surface area contributed by atoms with Crippen molar-refractivity contribution in [2.75, 3.05) is 11.1 Å². The van der Waals surface area contributed by atoms with E-state index < -0.39 is 5.97 Å². The summed E-state index contributed by atoms with van der Waals surface area (Å²) in [5, 5.41) is 12.9. The smallest absolute Gasteiger partial charge is 0.337 e. The third-order valence-corrected chi connectivity index (χ3v) is 4.04. The topological polar surface area (TPSA) is 75.3 Å². The Morgan fingerprint density at radius 3 is 2.43 bits per heavy atom. The van der Waals surface area contributed by atoms with Crippen LogP contribution in [-0.2, 0) is 12.8 Å². The second kappa shape index (κ2) is 5.30. The molecule has 5 heteroatoms. The molecular weight excluding hydrogens is 288 g/mol. The molecule has 0 atom stereocenters. The van der Waals surface area contributed by atoms with Crippen LogP contribution in [0.2, 0.25) is 5.02 Å². The molecule has 0 spiro atoms. The lowest BCUT2D eigenvalue weighted by Gasteiger charge is -2.17. The van der Waals surface area contributed by atoms with E-state index >= 15 is 0 Å². The van der Waals surface area contributed by atoms with Gasteiger partial charge >= 0.3 is 5.97 Å². The molecule has 0 unspecified atom stereocenters. The van der Waals surface area contributed by atoms with Gasteiger partial charge in [-0.2, -0.15) is 0 Å². The zero-order valence-corrected chi connectivity index (χ0v) is 12.0. The molecule has 0 radical (unpaired) electrons. The standard InChI is InChI=1S/C16H15ClN2O2/c17-14-8-11(18)7-13(16(20)21)15(14)19-12-5-9-3-1-2-4-10(9)6-12/h1-4,7-8,12,19H,5-6,18H2,(H,20,21). The number of carboxylic acid groups (broad SMARTS) is 1. The molecule has 3 rings (SSSR count). The van der Waals surface area contributed by atoms with E-state index in [-0.39, 0.29) is 11.6 Å². The SMILES string of the molecule is Nc1cc(Cl)c(NC2Cc3ccccc3C2)c(C(=O)O)c1. The Morgan fingerprint density at radius 2 is 1.86 bits per heavy atom. The lowest BCUT2D eigenvalue weighted by atomic mass is 10.1. The van der Waals surface area contributed by atoms with Gasteiger partial charge in [-0.1, -0.05) is 35.9 Å². The van der Waals surface area contributed by atoms with Gasteiger partial charge in [0.25, 0.3) is 0 Å². The first kappa shape index (κ1) is 13.8. The Kier molecular flexibility index (Phi) is 3.47. The van der Waals surface area contributed by atoms with Crippen molar-refractivity contribution in [3.63, 3.8) is 0 Å². The second-order valence-electron chi connectivity index (χ2n) is 5.25. The van der Waals surface area contributed by atoms with E-state index in [1.54, 1.807) is 6.07 Å². The predicted octanol–water partition coefficient (Wildman–Crippen LogP) is 3.20. The summed E-state index contributed by atoms with van der Waals surface area (Å²) < 4.78 is 0. The minimum atomic E-state index is -1.04. The highest BCUT2D eigenvalue weighted by molar-refractivity contribution is 6.34. The molecule has 2 aromatic carbocycles. The van der Waals surface area contributed by atoms with Crippen molar-refractivity contribution in [2.45, 2.75) is 18.9 Å². The molecule has 0 fully saturated rings. The number of nitrogen functional groups attached to an aromatic ring is 1. The van der Waals surface area contributed by atoms with E-state index in [0.717, 1.165) is 12.8 Å². The Bertz CT molecular complexity index is 690. The van der Waals surface area contributed by atoms with Crippen LogP contribution in [0.5, 0.6) is 0 Å². The number of anilines is 2. The van der Waals surface area contributed by atoms with Crippen LogP contribution in [0, 0.1) is 0 Å². The highest BCUT2D eigenvalue weighted by Gasteiger charge is 2.24. The van der Waals surface area contributed by atoms with E-state index in [1.807, 2.05) is 12.1 Å². The molecular formula is C16H15ClN2O2. The maximum absolute atomic E-state index is 11.4. The van der Waals surface area contributed by atoms with Crippen LogP contribution in [0.3, 0.4) is 0 Å². The first-order valence-electron chi connectivity index (χ1n) is 6.70. The van der Waals surface area contributed by atoms with Gasteiger partial charge in [-0.25, -0.2) is 4.79 Å². The van der Waals surface area contributed by atoms with Gasteiger partial charge in [0.1, 0.15) is 0 Å². The number of aromatic carboxylic acids is 1. The first-order valence-corrected chi connectivity index (χ1v) is 7.08. The Balaban J connectivity index is 1.88. The third kappa shape index (κ3) is 2.67. The maximum Gasteiger partial charge on any atom is 0.337 e. The number of halogens is 1. The molecule has 1 aliphatic carbocycles. The Hall–Kier alpha value is -2.20. The predicted molar refractivity (Wildman–Crippen MR) is 84.1 cm³/mol. The van der Waals surface area contributed by atoms with Crippen molar-refractivity contribution < 1.29 is 9.90 Å². The molecule has 4 N–H and O–H groups in total. The third-order valence-electron chi connectivity index (χ3n) is 3.74. The lowest BCUT2D eigenvalue weighted by Crippen LogP contribution is -2.21. The van der Waals surface area contributed by atoms with Crippen molar-refractivity contribution in [3.05, 3.63) is 58.1 Å².